The molecule has 2 fully saturated rings. The first kappa shape index (κ1) is 13.1. The zero-order chi connectivity index (χ0) is 13.3. The van der Waals surface area contributed by atoms with E-state index in [2.05, 4.69) is 35.2 Å². The maximum Gasteiger partial charge on any atom is 0.0607 e. The molecule has 3 heteroatoms. The largest absolute Gasteiger partial charge is 0.381 e. The zero-order valence-corrected chi connectivity index (χ0v) is 11.7. The van der Waals surface area contributed by atoms with Gasteiger partial charge in [-0.25, -0.2) is 0 Å². The molecule has 1 aliphatic carbocycles. The van der Waals surface area contributed by atoms with Gasteiger partial charge >= 0.3 is 0 Å². The monoisotopic (exact) mass is 260 g/mol. The first-order valence-corrected chi connectivity index (χ1v) is 7.30. The highest BCUT2D eigenvalue weighted by Gasteiger charge is 2.49. The molecule has 0 bridgehead atoms. The average Bonchev–Trinajstić information content (AvgIpc) is 2.90. The Balaban J connectivity index is 1.66. The van der Waals surface area contributed by atoms with E-state index >= 15 is 0 Å². The lowest BCUT2D eigenvalue weighted by Gasteiger charge is -2.52. The number of nitrogens with two attached hydrogens (primary N) is 1. The van der Waals surface area contributed by atoms with Crippen molar-refractivity contribution in [3.05, 3.63) is 35.9 Å². The maximum atomic E-state index is 6.05. The van der Waals surface area contributed by atoms with E-state index in [1.54, 1.807) is 0 Å². The van der Waals surface area contributed by atoms with Crippen LogP contribution in [0.15, 0.2) is 30.3 Å². The van der Waals surface area contributed by atoms with Gasteiger partial charge in [-0.15, -0.1) is 0 Å². The van der Waals surface area contributed by atoms with Crippen molar-refractivity contribution in [3.8, 4) is 0 Å². The van der Waals surface area contributed by atoms with Crippen LogP contribution in [0.25, 0.3) is 0 Å². The third-order valence-corrected chi connectivity index (χ3v) is 5.06. The summed E-state index contributed by atoms with van der Waals surface area (Å²) in [5.74, 6) is 0.672. The highest BCUT2D eigenvalue weighted by Crippen LogP contribution is 2.42. The lowest BCUT2D eigenvalue weighted by molar-refractivity contribution is -0.0797. The molecule has 1 aromatic carbocycles. The Morgan fingerprint density at radius 1 is 1.32 bits per heavy atom. The van der Waals surface area contributed by atoms with Gasteiger partial charge in [0.05, 0.1) is 6.10 Å². The summed E-state index contributed by atoms with van der Waals surface area (Å²) in [6.45, 7) is 3.08. The number of hydrogen-bond acceptors (Lipinski definition) is 3. The minimum absolute atomic E-state index is 0.213. The Hall–Kier alpha value is -0.900. The molecule has 0 radical (unpaired) electrons. The second kappa shape index (κ2) is 5.23. The number of nitrogens with zero attached hydrogens (tertiary/aromatic N) is 1. The number of rotatable bonds is 4. The summed E-state index contributed by atoms with van der Waals surface area (Å²) < 4.78 is 5.43. The third-order valence-electron chi connectivity index (χ3n) is 5.06. The van der Waals surface area contributed by atoms with Crippen LogP contribution < -0.4 is 5.73 Å². The summed E-state index contributed by atoms with van der Waals surface area (Å²) in [6, 6.07) is 10.9. The molecule has 2 aliphatic rings. The summed E-state index contributed by atoms with van der Waals surface area (Å²) in [5.41, 5.74) is 7.74. The van der Waals surface area contributed by atoms with Gasteiger partial charge in [0.1, 0.15) is 0 Å². The number of methoxy groups -OCH3 is 1. The predicted molar refractivity (Wildman–Crippen MR) is 77.2 cm³/mol. The Morgan fingerprint density at radius 3 is 2.68 bits per heavy atom. The van der Waals surface area contributed by atoms with Gasteiger partial charge in [-0.05, 0) is 37.3 Å². The quantitative estimate of drug-likeness (QED) is 0.899. The van der Waals surface area contributed by atoms with Crippen molar-refractivity contribution >= 4 is 0 Å². The van der Waals surface area contributed by atoms with E-state index in [0.29, 0.717) is 12.0 Å². The van der Waals surface area contributed by atoms with E-state index in [4.69, 9.17) is 10.5 Å². The Morgan fingerprint density at radius 2 is 2.05 bits per heavy atom. The molecule has 1 unspecified atom stereocenters. The van der Waals surface area contributed by atoms with Crippen molar-refractivity contribution in [3.63, 3.8) is 0 Å². The Bertz CT molecular complexity index is 414. The first-order chi connectivity index (χ1) is 9.27. The van der Waals surface area contributed by atoms with Crippen LogP contribution in [-0.4, -0.2) is 43.3 Å². The third kappa shape index (κ3) is 2.31. The maximum absolute atomic E-state index is 6.05. The lowest BCUT2D eigenvalue weighted by atomic mass is 9.73. The molecule has 2 N–H and O–H groups in total. The fraction of sp³-hybridized carbons (Fsp3) is 0.625. The topological polar surface area (TPSA) is 38.5 Å². The molecule has 0 spiro atoms. The molecule has 1 saturated carbocycles. The minimum Gasteiger partial charge on any atom is -0.381 e. The lowest BCUT2D eigenvalue weighted by Crippen LogP contribution is -2.63. The standard InChI is InChI=1S/C16H24N2O/c1-19-15-9-16(10-15,12-17)18-8-7-14(11-18)13-5-3-2-4-6-13/h2-6,14-15H,7-12,17H2,1H3. The van der Waals surface area contributed by atoms with Crippen molar-refractivity contribution in [1.29, 1.82) is 0 Å². The van der Waals surface area contributed by atoms with E-state index in [-0.39, 0.29) is 5.54 Å². The molecule has 0 aromatic heterocycles. The van der Waals surface area contributed by atoms with Gasteiger partial charge in [0.25, 0.3) is 0 Å². The average molecular weight is 260 g/mol. The second-order valence-electron chi connectivity index (χ2n) is 6.04. The molecule has 0 amide bonds. The second-order valence-corrected chi connectivity index (χ2v) is 6.04. The number of likely N-dealkylation sites (tertiary alicyclic amines) is 1. The van der Waals surface area contributed by atoms with Crippen LogP contribution in [0.3, 0.4) is 0 Å². The summed E-state index contributed by atoms with van der Waals surface area (Å²) in [6.07, 6.45) is 3.87. The smallest absolute Gasteiger partial charge is 0.0607 e. The fourth-order valence-electron chi connectivity index (χ4n) is 3.70. The van der Waals surface area contributed by atoms with Crippen molar-refractivity contribution < 1.29 is 4.74 Å². The molecular formula is C16H24N2O. The SMILES string of the molecule is COC1CC(CN)(N2CCC(c3ccccc3)C2)C1. The van der Waals surface area contributed by atoms with Crippen LogP contribution in [0.5, 0.6) is 0 Å². The van der Waals surface area contributed by atoms with E-state index in [9.17, 15) is 0 Å². The van der Waals surface area contributed by atoms with Gasteiger partial charge < -0.3 is 10.5 Å². The van der Waals surface area contributed by atoms with E-state index in [0.717, 1.165) is 25.9 Å². The predicted octanol–water partition coefficient (Wildman–Crippen LogP) is 1.98. The summed E-state index contributed by atoms with van der Waals surface area (Å²) in [4.78, 5) is 2.61. The van der Waals surface area contributed by atoms with E-state index < -0.39 is 0 Å². The van der Waals surface area contributed by atoms with E-state index in [1.807, 2.05) is 7.11 Å². The van der Waals surface area contributed by atoms with Crippen molar-refractivity contribution in [1.82, 2.24) is 4.90 Å². The van der Waals surface area contributed by atoms with Crippen molar-refractivity contribution in [2.75, 3.05) is 26.7 Å². The molecule has 3 nitrogen and oxygen atoms in total. The van der Waals surface area contributed by atoms with Gasteiger partial charge in [-0.3, -0.25) is 4.90 Å². The summed E-state index contributed by atoms with van der Waals surface area (Å²) >= 11 is 0. The van der Waals surface area contributed by atoms with Gasteiger partial charge in [-0.2, -0.15) is 0 Å². The van der Waals surface area contributed by atoms with Crippen LogP contribution in [-0.2, 0) is 4.74 Å². The Labute approximate surface area is 115 Å². The molecule has 1 saturated heterocycles. The number of ether oxygens (including phenoxy) is 1. The first-order valence-electron chi connectivity index (χ1n) is 7.30. The molecule has 1 atom stereocenters. The minimum atomic E-state index is 0.213. The summed E-state index contributed by atoms with van der Waals surface area (Å²) in [7, 11) is 1.81. The molecule has 104 valence electrons. The van der Waals surface area contributed by atoms with Crippen LogP contribution >= 0.6 is 0 Å². The van der Waals surface area contributed by atoms with Gasteiger partial charge in [0, 0.05) is 25.7 Å². The van der Waals surface area contributed by atoms with E-state index in [1.165, 1.54) is 18.5 Å². The highest BCUT2D eigenvalue weighted by atomic mass is 16.5. The molecule has 1 aliphatic heterocycles. The number of hydrogen-bond donors (Lipinski definition) is 1. The molecule has 1 aromatic rings. The van der Waals surface area contributed by atoms with Crippen LogP contribution in [0, 0.1) is 0 Å². The van der Waals surface area contributed by atoms with Crippen molar-refractivity contribution in [2.24, 2.45) is 5.73 Å². The Kier molecular flexibility index (Phi) is 3.61. The molecule has 3 rings (SSSR count). The molecule has 1 heterocycles. The highest BCUT2D eigenvalue weighted by molar-refractivity contribution is 5.22. The van der Waals surface area contributed by atoms with Gasteiger partial charge in [0.15, 0.2) is 0 Å². The fourth-order valence-corrected chi connectivity index (χ4v) is 3.70. The summed E-state index contributed by atoms with van der Waals surface area (Å²) in [5, 5.41) is 0. The van der Waals surface area contributed by atoms with Crippen LogP contribution in [0.1, 0.15) is 30.7 Å². The van der Waals surface area contributed by atoms with Crippen LogP contribution in [0.2, 0.25) is 0 Å². The number of benzene rings is 1. The normalized spacial score (nSPS) is 35.3. The zero-order valence-electron chi connectivity index (χ0n) is 11.7. The van der Waals surface area contributed by atoms with Crippen molar-refractivity contribution in [2.45, 2.75) is 36.8 Å². The van der Waals surface area contributed by atoms with Gasteiger partial charge in [0.2, 0.25) is 0 Å². The molecule has 19 heavy (non-hydrogen) atoms. The molecular weight excluding hydrogens is 236 g/mol. The van der Waals surface area contributed by atoms with Crippen LogP contribution in [0.4, 0.5) is 0 Å². The van der Waals surface area contributed by atoms with Gasteiger partial charge in [-0.1, -0.05) is 30.3 Å².